The van der Waals surface area contributed by atoms with Crippen molar-refractivity contribution < 1.29 is 28.9 Å². The van der Waals surface area contributed by atoms with Crippen molar-refractivity contribution in [2.75, 3.05) is 20.3 Å². The van der Waals surface area contributed by atoms with Gasteiger partial charge in [-0.05, 0) is 72.7 Å². The van der Waals surface area contributed by atoms with E-state index in [4.69, 9.17) is 14.2 Å². The van der Waals surface area contributed by atoms with Crippen LogP contribution in [0.25, 0.3) is 5.76 Å². The Balaban J connectivity index is 1.55. The van der Waals surface area contributed by atoms with Crippen molar-refractivity contribution in [1.82, 2.24) is 4.90 Å². The summed E-state index contributed by atoms with van der Waals surface area (Å²) in [5, 5.41) is 11.6. The molecule has 3 aromatic carbocycles. The van der Waals surface area contributed by atoms with Gasteiger partial charge in [0.15, 0.2) is 11.5 Å². The zero-order chi connectivity index (χ0) is 29.1. The van der Waals surface area contributed by atoms with Crippen molar-refractivity contribution in [1.29, 1.82) is 0 Å². The van der Waals surface area contributed by atoms with Crippen LogP contribution in [0.15, 0.2) is 72.3 Å². The van der Waals surface area contributed by atoms with Crippen LogP contribution in [0.3, 0.4) is 0 Å². The van der Waals surface area contributed by atoms with Crippen LogP contribution in [0.5, 0.6) is 17.2 Å². The fourth-order valence-corrected chi connectivity index (χ4v) is 5.45. The van der Waals surface area contributed by atoms with Crippen LogP contribution < -0.4 is 14.2 Å². The van der Waals surface area contributed by atoms with Gasteiger partial charge in [0.2, 0.25) is 0 Å². The zero-order valence-corrected chi connectivity index (χ0v) is 24.1. The molecule has 0 aromatic heterocycles. The molecule has 3 aromatic rings. The topological polar surface area (TPSA) is 85.3 Å². The van der Waals surface area contributed by atoms with Crippen LogP contribution in [-0.4, -0.2) is 48.1 Å². The second-order valence-corrected chi connectivity index (χ2v) is 11.1. The first-order valence-corrected chi connectivity index (χ1v) is 14.2. The Hall–Kier alpha value is -4.26. The molecular weight excluding hydrogens is 518 g/mol. The fourth-order valence-electron chi connectivity index (χ4n) is 5.45. The molecule has 7 nitrogen and oxygen atoms in total. The molecule has 0 aliphatic carbocycles. The molecule has 1 saturated heterocycles. The smallest absolute Gasteiger partial charge is 0.295 e. The van der Waals surface area contributed by atoms with Gasteiger partial charge < -0.3 is 24.2 Å². The minimum atomic E-state index is -0.791. The molecule has 41 heavy (non-hydrogen) atoms. The van der Waals surface area contributed by atoms with Gasteiger partial charge in [-0.1, -0.05) is 50.2 Å². The number of methoxy groups -OCH3 is 1. The van der Waals surface area contributed by atoms with Gasteiger partial charge in [0, 0.05) is 18.5 Å². The number of benzene rings is 3. The number of aliphatic hydroxyl groups excluding tert-OH is 1. The van der Waals surface area contributed by atoms with Gasteiger partial charge in [-0.25, -0.2) is 0 Å². The average Bonchev–Trinajstić information content (AvgIpc) is 3.46. The van der Waals surface area contributed by atoms with E-state index in [1.165, 1.54) is 0 Å². The number of carbonyl (C=O) groups excluding carboxylic acids is 2. The zero-order valence-electron chi connectivity index (χ0n) is 24.1. The Morgan fingerprint density at radius 1 is 1.05 bits per heavy atom. The number of amides is 1. The summed E-state index contributed by atoms with van der Waals surface area (Å²) in [5.41, 5.74) is 3.21. The monoisotopic (exact) mass is 555 g/mol. The molecule has 2 aliphatic rings. The molecule has 0 unspecified atom stereocenters. The molecule has 0 saturated carbocycles. The highest BCUT2D eigenvalue weighted by Crippen LogP contribution is 2.43. The first kappa shape index (κ1) is 28.3. The van der Waals surface area contributed by atoms with E-state index in [1.54, 1.807) is 36.3 Å². The molecule has 1 N–H and O–H groups in total. The largest absolute Gasteiger partial charge is 0.507 e. The second-order valence-electron chi connectivity index (χ2n) is 11.1. The van der Waals surface area contributed by atoms with E-state index in [2.05, 4.69) is 13.8 Å². The number of hydrogen-bond donors (Lipinski definition) is 1. The van der Waals surface area contributed by atoms with Crippen molar-refractivity contribution in [3.05, 3.63) is 94.6 Å². The van der Waals surface area contributed by atoms with E-state index in [-0.39, 0.29) is 17.4 Å². The van der Waals surface area contributed by atoms with Crippen molar-refractivity contribution >= 4 is 17.4 Å². The molecule has 5 rings (SSSR count). The lowest BCUT2D eigenvalue weighted by molar-refractivity contribution is -0.139. The molecule has 214 valence electrons. The molecule has 7 heteroatoms. The molecule has 1 fully saturated rings. The Kier molecular flexibility index (Phi) is 8.34. The van der Waals surface area contributed by atoms with E-state index >= 15 is 0 Å². The van der Waals surface area contributed by atoms with Crippen molar-refractivity contribution in [3.63, 3.8) is 0 Å². The van der Waals surface area contributed by atoms with Gasteiger partial charge in [-0.15, -0.1) is 0 Å². The third-order valence-corrected chi connectivity index (χ3v) is 7.65. The lowest BCUT2D eigenvalue weighted by Crippen LogP contribution is -2.31. The third kappa shape index (κ3) is 5.94. The third-order valence-electron chi connectivity index (χ3n) is 7.65. The number of hydrogen-bond acceptors (Lipinski definition) is 6. The molecule has 0 spiro atoms. The predicted molar refractivity (Wildman–Crippen MR) is 157 cm³/mol. The van der Waals surface area contributed by atoms with Crippen LogP contribution in [0.1, 0.15) is 55.5 Å². The van der Waals surface area contributed by atoms with Gasteiger partial charge in [0.05, 0.1) is 25.3 Å². The van der Waals surface area contributed by atoms with Gasteiger partial charge in [0.25, 0.3) is 11.7 Å². The Labute approximate surface area is 241 Å². The van der Waals surface area contributed by atoms with E-state index < -0.39 is 17.7 Å². The van der Waals surface area contributed by atoms with Crippen LogP contribution >= 0.6 is 0 Å². The number of carbonyl (C=O) groups is 2. The van der Waals surface area contributed by atoms with Gasteiger partial charge in [-0.3, -0.25) is 9.59 Å². The maximum absolute atomic E-state index is 13.5. The summed E-state index contributed by atoms with van der Waals surface area (Å²) in [6.07, 6.45) is 2.21. The standard InChI is InChI=1S/C34H37NO6/c1-21(2)15-17-40-28-13-10-24(20-29(28)39-4)31-30(32(36)25-11-12-27-26(19-25)18-22(3)41-27)33(37)34(38)35(31)16-14-23-8-6-5-7-9-23/h5-13,19-22,31,36H,14-18H2,1-4H3/b32-30+/t22-,31+/m0/s1. The molecule has 2 aliphatic heterocycles. The number of likely N-dealkylation sites (tertiary alicyclic amines) is 1. The summed E-state index contributed by atoms with van der Waals surface area (Å²) < 4.78 is 17.4. The Morgan fingerprint density at radius 3 is 2.56 bits per heavy atom. The van der Waals surface area contributed by atoms with Crippen LogP contribution in [0.2, 0.25) is 0 Å². The van der Waals surface area contributed by atoms with Crippen molar-refractivity contribution in [2.45, 2.75) is 52.2 Å². The van der Waals surface area contributed by atoms with E-state index in [0.29, 0.717) is 54.5 Å². The van der Waals surface area contributed by atoms with Gasteiger partial charge >= 0.3 is 0 Å². The minimum absolute atomic E-state index is 0.0414. The highest BCUT2D eigenvalue weighted by atomic mass is 16.5. The Bertz CT molecular complexity index is 1460. The predicted octanol–water partition coefficient (Wildman–Crippen LogP) is 6.11. The van der Waals surface area contributed by atoms with E-state index in [9.17, 15) is 14.7 Å². The number of Topliss-reactive ketones (excluding diaryl/α,β-unsaturated/α-hetero) is 1. The van der Waals surface area contributed by atoms with Crippen molar-refractivity contribution in [3.8, 4) is 17.2 Å². The lowest BCUT2D eigenvalue weighted by Gasteiger charge is -2.26. The number of rotatable bonds is 10. The van der Waals surface area contributed by atoms with E-state index in [0.717, 1.165) is 23.3 Å². The minimum Gasteiger partial charge on any atom is -0.507 e. The maximum atomic E-state index is 13.5. The highest BCUT2D eigenvalue weighted by molar-refractivity contribution is 6.46. The molecule has 1 amide bonds. The summed E-state index contributed by atoms with van der Waals surface area (Å²) in [7, 11) is 1.56. The normalized spacial score (nSPS) is 19.4. The number of fused-ring (bicyclic) bond motifs is 1. The number of ether oxygens (including phenoxy) is 3. The lowest BCUT2D eigenvalue weighted by atomic mass is 9.94. The summed E-state index contributed by atoms with van der Waals surface area (Å²) in [4.78, 5) is 28.6. The van der Waals surface area contributed by atoms with Crippen LogP contribution in [0, 0.1) is 5.92 Å². The van der Waals surface area contributed by atoms with Crippen LogP contribution in [0.4, 0.5) is 0 Å². The first-order chi connectivity index (χ1) is 19.8. The summed E-state index contributed by atoms with van der Waals surface area (Å²) in [5.74, 6) is 0.817. The number of ketones is 1. The second kappa shape index (κ2) is 12.1. The summed E-state index contributed by atoms with van der Waals surface area (Å²) in [6.45, 7) is 7.11. The molecule has 2 heterocycles. The number of nitrogens with zero attached hydrogens (tertiary/aromatic N) is 1. The fraction of sp³-hybridized carbons (Fsp3) is 0.353. The average molecular weight is 556 g/mol. The quantitative estimate of drug-likeness (QED) is 0.185. The van der Waals surface area contributed by atoms with E-state index in [1.807, 2.05) is 49.4 Å². The molecule has 0 bridgehead atoms. The Morgan fingerprint density at radius 2 is 1.83 bits per heavy atom. The summed E-state index contributed by atoms with van der Waals surface area (Å²) in [6, 6.07) is 19.8. The van der Waals surface area contributed by atoms with Crippen LogP contribution in [-0.2, 0) is 22.4 Å². The molecule has 2 atom stereocenters. The highest BCUT2D eigenvalue weighted by Gasteiger charge is 2.46. The van der Waals surface area contributed by atoms with Gasteiger partial charge in [-0.2, -0.15) is 0 Å². The molecular formula is C34H37NO6. The maximum Gasteiger partial charge on any atom is 0.295 e. The molecule has 0 radical (unpaired) electrons. The van der Waals surface area contributed by atoms with Crippen molar-refractivity contribution in [2.24, 2.45) is 5.92 Å². The SMILES string of the molecule is COc1cc([C@@H]2/C(=C(\O)c3ccc4c(c3)C[C@H](C)O4)C(=O)C(=O)N2CCc2ccccc2)ccc1OCCC(C)C. The van der Waals surface area contributed by atoms with Gasteiger partial charge in [0.1, 0.15) is 17.6 Å². The first-order valence-electron chi connectivity index (χ1n) is 14.2. The number of aliphatic hydroxyl groups is 1. The summed E-state index contributed by atoms with van der Waals surface area (Å²) >= 11 is 0.